The van der Waals surface area contributed by atoms with Crippen LogP contribution in [0.2, 0.25) is 0 Å². The molecule has 18 heavy (non-hydrogen) atoms. The van der Waals surface area contributed by atoms with E-state index in [-0.39, 0.29) is 5.91 Å². The van der Waals surface area contributed by atoms with Gasteiger partial charge in [0.15, 0.2) is 11.6 Å². The smallest absolute Gasteiger partial charge is 0.221 e. The molecule has 5 nitrogen and oxygen atoms in total. The molecule has 0 atom stereocenters. The molecule has 2 N–H and O–H groups in total. The van der Waals surface area contributed by atoms with Gasteiger partial charge in [-0.1, -0.05) is 13.8 Å². The van der Waals surface area contributed by atoms with Gasteiger partial charge in [0.25, 0.3) is 0 Å². The molecule has 0 radical (unpaired) electrons. The van der Waals surface area contributed by atoms with Crippen LogP contribution in [0.4, 0.5) is 5.82 Å². The molecule has 0 aliphatic carbocycles. The first-order valence-electron chi connectivity index (χ1n) is 6.13. The van der Waals surface area contributed by atoms with E-state index in [1.807, 2.05) is 6.07 Å². The Hall–Kier alpha value is -1.78. The van der Waals surface area contributed by atoms with Gasteiger partial charge in [-0.2, -0.15) is 0 Å². The Balaban J connectivity index is 2.31. The molecule has 0 unspecified atom stereocenters. The van der Waals surface area contributed by atoms with Crippen molar-refractivity contribution in [2.24, 2.45) is 5.92 Å². The Bertz CT molecular complexity index is 380. The van der Waals surface area contributed by atoms with Crippen molar-refractivity contribution < 1.29 is 9.53 Å². The van der Waals surface area contributed by atoms with Crippen molar-refractivity contribution in [3.63, 3.8) is 0 Å². The Labute approximate surface area is 108 Å². The Kier molecular flexibility index (Phi) is 5.97. The molecule has 0 saturated heterocycles. The SMILES string of the molecule is COc1cccnc1NCCC(=O)NCC(C)C. The average molecular weight is 251 g/mol. The summed E-state index contributed by atoms with van der Waals surface area (Å²) in [5.74, 6) is 1.86. The van der Waals surface area contributed by atoms with E-state index >= 15 is 0 Å². The molecule has 1 aromatic heterocycles. The third-order valence-corrected chi connectivity index (χ3v) is 2.34. The largest absolute Gasteiger partial charge is 0.493 e. The molecule has 0 fully saturated rings. The third kappa shape index (κ3) is 5.03. The zero-order valence-corrected chi connectivity index (χ0v) is 11.2. The van der Waals surface area contributed by atoms with Gasteiger partial charge in [-0.25, -0.2) is 4.98 Å². The first kappa shape index (κ1) is 14.3. The van der Waals surface area contributed by atoms with Crippen LogP contribution >= 0.6 is 0 Å². The second kappa shape index (κ2) is 7.53. The van der Waals surface area contributed by atoms with E-state index in [0.717, 1.165) is 0 Å². The molecule has 1 amide bonds. The Morgan fingerprint density at radius 3 is 2.94 bits per heavy atom. The highest BCUT2D eigenvalue weighted by Gasteiger charge is 2.05. The van der Waals surface area contributed by atoms with Crippen LogP contribution in [0, 0.1) is 5.92 Å². The van der Waals surface area contributed by atoms with E-state index in [0.29, 0.717) is 37.0 Å². The number of hydrogen-bond acceptors (Lipinski definition) is 4. The van der Waals surface area contributed by atoms with Crippen LogP contribution in [0.5, 0.6) is 5.75 Å². The van der Waals surface area contributed by atoms with Crippen molar-refractivity contribution in [1.82, 2.24) is 10.3 Å². The van der Waals surface area contributed by atoms with Crippen LogP contribution in [0.1, 0.15) is 20.3 Å². The number of ether oxygens (including phenoxy) is 1. The first-order valence-corrected chi connectivity index (χ1v) is 6.13. The Morgan fingerprint density at radius 2 is 2.28 bits per heavy atom. The number of amides is 1. The van der Waals surface area contributed by atoms with Crippen LogP contribution in [-0.4, -0.2) is 31.1 Å². The summed E-state index contributed by atoms with van der Waals surface area (Å²) in [7, 11) is 1.59. The van der Waals surface area contributed by atoms with Gasteiger partial charge in [-0.3, -0.25) is 4.79 Å². The van der Waals surface area contributed by atoms with Gasteiger partial charge < -0.3 is 15.4 Å². The van der Waals surface area contributed by atoms with Crippen molar-refractivity contribution in [3.05, 3.63) is 18.3 Å². The topological polar surface area (TPSA) is 63.2 Å². The van der Waals surface area contributed by atoms with Gasteiger partial charge in [-0.05, 0) is 18.1 Å². The van der Waals surface area contributed by atoms with Crippen LogP contribution in [-0.2, 0) is 4.79 Å². The third-order valence-electron chi connectivity index (χ3n) is 2.34. The molecule has 0 aliphatic heterocycles. The van der Waals surface area contributed by atoms with E-state index in [4.69, 9.17) is 4.74 Å². The van der Waals surface area contributed by atoms with Gasteiger partial charge in [-0.15, -0.1) is 0 Å². The summed E-state index contributed by atoms with van der Waals surface area (Å²) in [6.45, 7) is 5.39. The molecule has 1 aromatic rings. The number of anilines is 1. The van der Waals surface area contributed by atoms with Crippen molar-refractivity contribution in [1.29, 1.82) is 0 Å². The fraction of sp³-hybridized carbons (Fsp3) is 0.538. The molecular formula is C13H21N3O2. The van der Waals surface area contributed by atoms with E-state index in [1.165, 1.54) is 0 Å². The molecule has 5 heteroatoms. The standard InChI is InChI=1S/C13H21N3O2/c1-10(2)9-16-12(17)6-8-15-13-11(18-3)5-4-7-14-13/h4-5,7,10H,6,8-9H2,1-3H3,(H,14,15)(H,16,17). The summed E-state index contributed by atoms with van der Waals surface area (Å²) in [4.78, 5) is 15.6. The number of hydrogen-bond donors (Lipinski definition) is 2. The maximum Gasteiger partial charge on any atom is 0.221 e. The number of methoxy groups -OCH3 is 1. The minimum Gasteiger partial charge on any atom is -0.493 e. The van der Waals surface area contributed by atoms with Gasteiger partial charge >= 0.3 is 0 Å². The first-order chi connectivity index (χ1) is 8.63. The number of pyridine rings is 1. The maximum absolute atomic E-state index is 11.5. The highest BCUT2D eigenvalue weighted by molar-refractivity contribution is 5.76. The van der Waals surface area contributed by atoms with Crippen molar-refractivity contribution in [3.8, 4) is 5.75 Å². The fourth-order valence-electron chi connectivity index (χ4n) is 1.39. The number of nitrogens with zero attached hydrogens (tertiary/aromatic N) is 1. The molecular weight excluding hydrogens is 230 g/mol. The molecule has 100 valence electrons. The summed E-state index contributed by atoms with van der Waals surface area (Å²) in [6, 6.07) is 3.63. The van der Waals surface area contributed by atoms with Gasteiger partial charge in [0.05, 0.1) is 7.11 Å². The lowest BCUT2D eigenvalue weighted by Crippen LogP contribution is -2.28. The lowest BCUT2D eigenvalue weighted by atomic mass is 10.2. The lowest BCUT2D eigenvalue weighted by Gasteiger charge is -2.10. The van der Waals surface area contributed by atoms with Crippen LogP contribution < -0.4 is 15.4 Å². The van der Waals surface area contributed by atoms with Crippen molar-refractivity contribution in [2.45, 2.75) is 20.3 Å². The van der Waals surface area contributed by atoms with Crippen LogP contribution in [0.15, 0.2) is 18.3 Å². The zero-order chi connectivity index (χ0) is 13.4. The van der Waals surface area contributed by atoms with Crippen LogP contribution in [0.25, 0.3) is 0 Å². The van der Waals surface area contributed by atoms with Gasteiger partial charge in [0.1, 0.15) is 0 Å². The molecule has 0 aromatic carbocycles. The quantitative estimate of drug-likeness (QED) is 0.773. The summed E-state index contributed by atoms with van der Waals surface area (Å²) >= 11 is 0. The van der Waals surface area contributed by atoms with E-state index in [1.54, 1.807) is 19.4 Å². The molecule has 1 rings (SSSR count). The molecule has 0 saturated carbocycles. The summed E-state index contributed by atoms with van der Waals surface area (Å²) in [6.07, 6.45) is 2.11. The van der Waals surface area contributed by atoms with E-state index < -0.39 is 0 Å². The zero-order valence-electron chi connectivity index (χ0n) is 11.2. The number of nitrogens with one attached hydrogen (secondary N) is 2. The summed E-state index contributed by atoms with van der Waals surface area (Å²) < 4.78 is 5.16. The number of carbonyl (C=O) groups is 1. The van der Waals surface area contributed by atoms with E-state index in [2.05, 4.69) is 29.5 Å². The lowest BCUT2D eigenvalue weighted by molar-refractivity contribution is -0.120. The minimum absolute atomic E-state index is 0.0473. The second-order valence-corrected chi connectivity index (χ2v) is 4.43. The predicted molar refractivity (Wildman–Crippen MR) is 71.7 cm³/mol. The number of carbonyl (C=O) groups excluding carboxylic acids is 1. The van der Waals surface area contributed by atoms with Crippen molar-refractivity contribution in [2.75, 3.05) is 25.5 Å². The average Bonchev–Trinajstić information content (AvgIpc) is 2.37. The highest BCUT2D eigenvalue weighted by atomic mass is 16.5. The number of rotatable bonds is 7. The van der Waals surface area contributed by atoms with Gasteiger partial charge in [0, 0.05) is 25.7 Å². The molecule has 0 aliphatic rings. The molecule has 0 bridgehead atoms. The summed E-state index contributed by atoms with van der Waals surface area (Å²) in [5.41, 5.74) is 0. The highest BCUT2D eigenvalue weighted by Crippen LogP contribution is 2.19. The summed E-state index contributed by atoms with van der Waals surface area (Å²) in [5, 5.41) is 5.95. The maximum atomic E-state index is 11.5. The molecule has 1 heterocycles. The van der Waals surface area contributed by atoms with E-state index in [9.17, 15) is 4.79 Å². The predicted octanol–water partition coefficient (Wildman–Crippen LogP) is 1.66. The van der Waals surface area contributed by atoms with Crippen LogP contribution in [0.3, 0.4) is 0 Å². The second-order valence-electron chi connectivity index (χ2n) is 4.43. The fourth-order valence-corrected chi connectivity index (χ4v) is 1.39. The Morgan fingerprint density at radius 1 is 1.50 bits per heavy atom. The van der Waals surface area contributed by atoms with Gasteiger partial charge in [0.2, 0.25) is 5.91 Å². The number of aromatic nitrogens is 1. The normalized spacial score (nSPS) is 10.2. The monoisotopic (exact) mass is 251 g/mol. The minimum atomic E-state index is 0.0473. The molecule has 0 spiro atoms. The van der Waals surface area contributed by atoms with Crippen molar-refractivity contribution >= 4 is 11.7 Å².